The summed E-state index contributed by atoms with van der Waals surface area (Å²) >= 11 is 0.925. The van der Waals surface area contributed by atoms with Crippen LogP contribution in [0, 0.1) is 11.6 Å². The molecule has 12 heteroatoms. The van der Waals surface area contributed by atoms with E-state index in [0.29, 0.717) is 0 Å². The number of hydrogen-bond acceptors (Lipinski definition) is 6. The highest BCUT2D eigenvalue weighted by atomic mass is 32.1. The Kier molecular flexibility index (Phi) is 5.55. The highest BCUT2D eigenvalue weighted by molar-refractivity contribution is 7.46. The van der Waals surface area contributed by atoms with E-state index in [4.69, 9.17) is 9.79 Å². The first-order valence-corrected chi connectivity index (χ1v) is 10.2. The van der Waals surface area contributed by atoms with Gasteiger partial charge < -0.3 is 14.4 Å². The third-order valence-corrected chi connectivity index (χ3v) is 5.13. The zero-order chi connectivity index (χ0) is 20.6. The largest absolute Gasteiger partial charge is 0.471 e. The van der Waals surface area contributed by atoms with Gasteiger partial charge in [-0.25, -0.2) is 18.3 Å². The number of nitrogens with zero attached hydrogens (tertiary/aromatic N) is 2. The molecule has 148 valence electrons. The van der Waals surface area contributed by atoms with Gasteiger partial charge in [0.1, 0.15) is 12.4 Å². The number of phosphoric ester groups is 1. The Morgan fingerprint density at radius 2 is 1.96 bits per heavy atom. The van der Waals surface area contributed by atoms with Crippen LogP contribution in [0.5, 0.6) is 0 Å². The number of fused-ring (bicyclic) bond motifs is 1. The molecule has 0 amide bonds. The molecule has 0 spiro atoms. The van der Waals surface area contributed by atoms with Gasteiger partial charge in [0.25, 0.3) is 0 Å². The van der Waals surface area contributed by atoms with Crippen molar-refractivity contribution in [1.82, 2.24) is 9.55 Å². The second-order valence-corrected chi connectivity index (χ2v) is 7.79. The lowest BCUT2D eigenvalue weighted by atomic mass is 10.1. The molecule has 0 fully saturated rings. The van der Waals surface area contributed by atoms with Crippen molar-refractivity contribution in [3.8, 4) is 0 Å². The van der Waals surface area contributed by atoms with Crippen molar-refractivity contribution in [3.63, 3.8) is 0 Å². The number of halogens is 2. The third-order valence-electron chi connectivity index (χ3n) is 3.84. The predicted molar refractivity (Wildman–Crippen MR) is 95.2 cm³/mol. The SMILES string of the molecule is CCC(=O)c1csc(C(=O)c2cn(COP(=O)(O)O)c3cc(F)c(F)cc23)n1. The van der Waals surface area contributed by atoms with E-state index >= 15 is 0 Å². The Morgan fingerprint density at radius 1 is 1.29 bits per heavy atom. The van der Waals surface area contributed by atoms with Gasteiger partial charge in [-0.05, 0) is 6.07 Å². The van der Waals surface area contributed by atoms with Crippen LogP contribution in [0.3, 0.4) is 0 Å². The highest BCUT2D eigenvalue weighted by Gasteiger charge is 2.23. The second kappa shape index (κ2) is 7.61. The molecule has 0 saturated carbocycles. The molecule has 0 bridgehead atoms. The van der Waals surface area contributed by atoms with Crippen LogP contribution in [0.15, 0.2) is 23.7 Å². The van der Waals surface area contributed by atoms with Gasteiger partial charge in [0.2, 0.25) is 5.78 Å². The average Bonchev–Trinajstić information content (AvgIpc) is 3.24. The Morgan fingerprint density at radius 3 is 2.61 bits per heavy atom. The van der Waals surface area contributed by atoms with E-state index in [1.54, 1.807) is 6.92 Å². The zero-order valence-electron chi connectivity index (χ0n) is 14.3. The summed E-state index contributed by atoms with van der Waals surface area (Å²) < 4.78 is 43.8. The maximum absolute atomic E-state index is 13.7. The molecule has 1 aromatic carbocycles. The monoisotopic (exact) mass is 430 g/mol. The number of benzene rings is 1. The molecule has 2 heterocycles. The molecule has 0 aliphatic carbocycles. The van der Waals surface area contributed by atoms with Crippen molar-refractivity contribution in [2.45, 2.75) is 20.1 Å². The van der Waals surface area contributed by atoms with Crippen molar-refractivity contribution in [2.24, 2.45) is 0 Å². The standard InChI is InChI=1S/C16H13F2N2O6PS/c1-2-14(21)12-6-28-16(19-12)15(22)9-5-20(7-26-27(23,24)25)13-4-11(18)10(17)3-8(9)13/h3-6H,2,7H2,1H3,(H2,23,24,25). The van der Waals surface area contributed by atoms with Crippen LogP contribution in [0.25, 0.3) is 10.9 Å². The summed E-state index contributed by atoms with van der Waals surface area (Å²) in [7, 11) is -4.84. The molecular formula is C16H13F2N2O6PS. The van der Waals surface area contributed by atoms with Gasteiger partial charge in [-0.1, -0.05) is 6.92 Å². The Hall–Kier alpha value is -2.30. The van der Waals surface area contributed by atoms with E-state index in [1.807, 2.05) is 0 Å². The van der Waals surface area contributed by atoms with Crippen molar-refractivity contribution in [1.29, 1.82) is 0 Å². The Bertz CT molecular complexity index is 1140. The highest BCUT2D eigenvalue weighted by Crippen LogP contribution is 2.37. The summed E-state index contributed by atoms with van der Waals surface area (Å²) in [4.78, 5) is 46.2. The number of aromatic nitrogens is 2. The first-order chi connectivity index (χ1) is 13.1. The minimum absolute atomic E-state index is 0.00267. The predicted octanol–water partition coefficient (Wildman–Crippen LogP) is 3.27. The van der Waals surface area contributed by atoms with E-state index in [1.165, 1.54) is 5.38 Å². The van der Waals surface area contributed by atoms with Crippen LogP contribution >= 0.6 is 19.2 Å². The number of phosphoric acid groups is 1. The van der Waals surface area contributed by atoms with Gasteiger partial charge in [0.05, 0.1) is 11.1 Å². The van der Waals surface area contributed by atoms with Crippen molar-refractivity contribution in [2.75, 3.05) is 0 Å². The average molecular weight is 430 g/mol. The molecule has 0 unspecified atom stereocenters. The number of ketones is 2. The first kappa shape index (κ1) is 20.4. The van der Waals surface area contributed by atoms with Gasteiger partial charge in [-0.2, -0.15) is 0 Å². The van der Waals surface area contributed by atoms with Gasteiger partial charge in [0, 0.05) is 29.5 Å². The summed E-state index contributed by atoms with van der Waals surface area (Å²) in [5.41, 5.74) is 0.0480. The topological polar surface area (TPSA) is 119 Å². The molecule has 3 rings (SSSR count). The Labute approximate surface area is 160 Å². The van der Waals surface area contributed by atoms with E-state index in [-0.39, 0.29) is 39.4 Å². The molecular weight excluding hydrogens is 417 g/mol. The minimum atomic E-state index is -4.84. The smallest absolute Gasteiger partial charge is 0.322 e. The third kappa shape index (κ3) is 4.08. The lowest BCUT2D eigenvalue weighted by Gasteiger charge is -2.07. The molecule has 2 N–H and O–H groups in total. The minimum Gasteiger partial charge on any atom is -0.322 e. The first-order valence-electron chi connectivity index (χ1n) is 7.82. The lowest BCUT2D eigenvalue weighted by molar-refractivity contribution is 0.0984. The van der Waals surface area contributed by atoms with Crippen LogP contribution in [0.1, 0.15) is 39.2 Å². The van der Waals surface area contributed by atoms with Gasteiger partial charge >= 0.3 is 7.82 Å². The number of Topliss-reactive ketones (excluding diaryl/α,β-unsaturated/α-hetero) is 1. The lowest BCUT2D eigenvalue weighted by Crippen LogP contribution is -2.03. The molecule has 2 aromatic heterocycles. The van der Waals surface area contributed by atoms with Gasteiger partial charge in [0.15, 0.2) is 22.4 Å². The molecule has 0 aliphatic rings. The molecule has 28 heavy (non-hydrogen) atoms. The number of carbonyl (C=O) groups excluding carboxylic acids is 2. The quantitative estimate of drug-likeness (QED) is 0.436. The van der Waals surface area contributed by atoms with Gasteiger partial charge in [-0.3, -0.25) is 14.1 Å². The summed E-state index contributed by atoms with van der Waals surface area (Å²) in [6.07, 6.45) is 1.37. The fourth-order valence-electron chi connectivity index (χ4n) is 2.51. The van der Waals surface area contributed by atoms with E-state index in [9.17, 15) is 22.9 Å². The van der Waals surface area contributed by atoms with Gasteiger partial charge in [-0.15, -0.1) is 11.3 Å². The molecule has 0 radical (unpaired) electrons. The van der Waals surface area contributed by atoms with Crippen LogP contribution in [0.4, 0.5) is 8.78 Å². The summed E-state index contributed by atoms with van der Waals surface area (Å²) in [5.74, 6) is -3.30. The van der Waals surface area contributed by atoms with E-state index < -0.39 is 32.0 Å². The number of rotatable bonds is 7. The summed E-state index contributed by atoms with van der Waals surface area (Å²) in [6, 6.07) is 1.59. The maximum Gasteiger partial charge on any atom is 0.471 e. The van der Waals surface area contributed by atoms with E-state index in [0.717, 1.165) is 34.2 Å². The maximum atomic E-state index is 13.7. The number of thiazole rings is 1. The van der Waals surface area contributed by atoms with Crippen molar-refractivity contribution >= 4 is 41.6 Å². The fourth-order valence-corrected chi connectivity index (χ4v) is 3.56. The van der Waals surface area contributed by atoms with Crippen LogP contribution in [-0.2, 0) is 15.8 Å². The number of hydrogen-bond donors (Lipinski definition) is 2. The summed E-state index contributed by atoms with van der Waals surface area (Å²) in [5, 5.41) is 1.41. The van der Waals surface area contributed by atoms with E-state index in [2.05, 4.69) is 9.51 Å². The van der Waals surface area contributed by atoms with Crippen LogP contribution in [-0.4, -0.2) is 30.9 Å². The Balaban J connectivity index is 2.08. The zero-order valence-corrected chi connectivity index (χ0v) is 16.0. The molecule has 3 aromatic rings. The fraction of sp³-hybridized carbons (Fsp3) is 0.188. The van der Waals surface area contributed by atoms with Crippen molar-refractivity contribution in [3.05, 3.63) is 51.6 Å². The molecule has 8 nitrogen and oxygen atoms in total. The van der Waals surface area contributed by atoms with Crippen molar-refractivity contribution < 1.29 is 37.2 Å². The molecule has 0 atom stereocenters. The van der Waals surface area contributed by atoms with Crippen LogP contribution < -0.4 is 0 Å². The van der Waals surface area contributed by atoms with Crippen LogP contribution in [0.2, 0.25) is 0 Å². The number of carbonyl (C=O) groups is 2. The summed E-state index contributed by atoms with van der Waals surface area (Å²) in [6.45, 7) is 0.950. The molecule has 0 aliphatic heterocycles. The molecule has 0 saturated heterocycles. The normalized spacial score (nSPS) is 11.9. The second-order valence-electron chi connectivity index (χ2n) is 5.69.